The SMILES string of the molecule is CCCC(C)CC(C)S. The second-order valence-electron chi connectivity index (χ2n) is 2.98. The summed E-state index contributed by atoms with van der Waals surface area (Å²) in [5.41, 5.74) is 0. The lowest BCUT2D eigenvalue weighted by Crippen LogP contribution is -2.01. The van der Waals surface area contributed by atoms with Crippen LogP contribution in [0.5, 0.6) is 0 Å². The van der Waals surface area contributed by atoms with Gasteiger partial charge in [0.1, 0.15) is 0 Å². The molecule has 0 radical (unpaired) electrons. The van der Waals surface area contributed by atoms with Gasteiger partial charge in [-0.05, 0) is 17.6 Å². The van der Waals surface area contributed by atoms with Crippen LogP contribution in [0.15, 0.2) is 0 Å². The van der Waals surface area contributed by atoms with Crippen LogP contribution in [-0.4, -0.2) is 5.25 Å². The van der Waals surface area contributed by atoms with Gasteiger partial charge in [-0.15, -0.1) is 0 Å². The maximum absolute atomic E-state index is 4.33. The van der Waals surface area contributed by atoms with Crippen LogP contribution in [0.25, 0.3) is 0 Å². The molecule has 0 heterocycles. The first-order valence-corrected chi connectivity index (χ1v) is 4.36. The minimum absolute atomic E-state index is 0.576. The van der Waals surface area contributed by atoms with Crippen LogP contribution < -0.4 is 0 Å². The van der Waals surface area contributed by atoms with E-state index in [1.165, 1.54) is 19.3 Å². The van der Waals surface area contributed by atoms with Crippen molar-refractivity contribution in [1.82, 2.24) is 0 Å². The van der Waals surface area contributed by atoms with E-state index in [1.54, 1.807) is 0 Å². The summed E-state index contributed by atoms with van der Waals surface area (Å²) in [5.74, 6) is 0.863. The number of hydrogen-bond donors (Lipinski definition) is 1. The Kier molecular flexibility index (Phi) is 5.36. The number of rotatable bonds is 4. The molecule has 56 valence electrons. The van der Waals surface area contributed by atoms with E-state index in [0.717, 1.165) is 5.92 Å². The summed E-state index contributed by atoms with van der Waals surface area (Å²) < 4.78 is 0. The first-order valence-electron chi connectivity index (χ1n) is 3.84. The van der Waals surface area contributed by atoms with Crippen LogP contribution in [-0.2, 0) is 0 Å². The van der Waals surface area contributed by atoms with E-state index in [0.29, 0.717) is 5.25 Å². The van der Waals surface area contributed by atoms with Gasteiger partial charge >= 0.3 is 0 Å². The van der Waals surface area contributed by atoms with Crippen molar-refractivity contribution in [2.45, 2.75) is 45.3 Å². The van der Waals surface area contributed by atoms with Gasteiger partial charge in [-0.3, -0.25) is 0 Å². The smallest absolute Gasteiger partial charge is 0.000905 e. The molecule has 0 aliphatic carbocycles. The molecule has 0 bridgehead atoms. The fraction of sp³-hybridized carbons (Fsp3) is 1.00. The quantitative estimate of drug-likeness (QED) is 0.579. The normalized spacial score (nSPS) is 17.3. The standard InChI is InChI=1S/C8H18S/c1-4-5-7(2)6-8(3)9/h7-9H,4-6H2,1-3H3. The van der Waals surface area contributed by atoms with E-state index in [4.69, 9.17) is 0 Å². The highest BCUT2D eigenvalue weighted by Gasteiger charge is 2.02. The molecular formula is C8H18S. The maximum Gasteiger partial charge on any atom is -0.000905 e. The Labute approximate surface area is 64.4 Å². The van der Waals surface area contributed by atoms with Crippen molar-refractivity contribution in [2.24, 2.45) is 5.92 Å². The van der Waals surface area contributed by atoms with E-state index in [1.807, 2.05) is 0 Å². The Morgan fingerprint density at radius 1 is 1.33 bits per heavy atom. The predicted octanol–water partition coefficient (Wildman–Crippen LogP) is 3.13. The van der Waals surface area contributed by atoms with Gasteiger partial charge in [0.05, 0.1) is 0 Å². The van der Waals surface area contributed by atoms with Gasteiger partial charge < -0.3 is 0 Å². The molecule has 0 aromatic carbocycles. The van der Waals surface area contributed by atoms with Crippen molar-refractivity contribution in [1.29, 1.82) is 0 Å². The monoisotopic (exact) mass is 146 g/mol. The van der Waals surface area contributed by atoms with Crippen molar-refractivity contribution in [3.8, 4) is 0 Å². The van der Waals surface area contributed by atoms with Crippen LogP contribution in [0, 0.1) is 5.92 Å². The summed E-state index contributed by atoms with van der Waals surface area (Å²) in [6.45, 7) is 6.70. The molecular weight excluding hydrogens is 128 g/mol. The van der Waals surface area contributed by atoms with E-state index in [9.17, 15) is 0 Å². The van der Waals surface area contributed by atoms with Gasteiger partial charge in [0.15, 0.2) is 0 Å². The second kappa shape index (κ2) is 5.16. The van der Waals surface area contributed by atoms with Crippen LogP contribution in [0.1, 0.15) is 40.0 Å². The lowest BCUT2D eigenvalue weighted by molar-refractivity contribution is 0.487. The van der Waals surface area contributed by atoms with Crippen LogP contribution in [0.2, 0.25) is 0 Å². The molecule has 0 aliphatic rings. The van der Waals surface area contributed by atoms with Crippen LogP contribution >= 0.6 is 12.6 Å². The first-order chi connectivity index (χ1) is 4.16. The summed E-state index contributed by atoms with van der Waals surface area (Å²) in [4.78, 5) is 0. The molecule has 0 amide bonds. The molecule has 0 rings (SSSR count). The third-order valence-corrected chi connectivity index (χ3v) is 1.74. The molecule has 0 nitrogen and oxygen atoms in total. The van der Waals surface area contributed by atoms with Gasteiger partial charge in [0, 0.05) is 0 Å². The fourth-order valence-corrected chi connectivity index (χ4v) is 1.55. The van der Waals surface area contributed by atoms with E-state index < -0.39 is 0 Å². The van der Waals surface area contributed by atoms with Crippen molar-refractivity contribution in [3.63, 3.8) is 0 Å². The molecule has 0 aromatic heterocycles. The first kappa shape index (κ1) is 9.35. The Hall–Kier alpha value is 0.350. The number of thiol groups is 1. The second-order valence-corrected chi connectivity index (χ2v) is 3.86. The summed E-state index contributed by atoms with van der Waals surface area (Å²) in [5, 5.41) is 0.576. The third-order valence-electron chi connectivity index (χ3n) is 1.52. The molecule has 0 aliphatic heterocycles. The highest BCUT2D eigenvalue weighted by atomic mass is 32.1. The largest absolute Gasteiger partial charge is 0.176 e. The highest BCUT2D eigenvalue weighted by molar-refractivity contribution is 7.80. The van der Waals surface area contributed by atoms with Crippen molar-refractivity contribution < 1.29 is 0 Å². The van der Waals surface area contributed by atoms with Gasteiger partial charge in [-0.2, -0.15) is 12.6 Å². The zero-order valence-corrected chi connectivity index (χ0v) is 7.62. The highest BCUT2D eigenvalue weighted by Crippen LogP contribution is 2.14. The maximum atomic E-state index is 4.33. The Bertz CT molecular complexity index is 59.6. The molecule has 0 saturated heterocycles. The lowest BCUT2D eigenvalue weighted by Gasteiger charge is -2.10. The zero-order chi connectivity index (χ0) is 7.28. The summed E-state index contributed by atoms with van der Waals surface area (Å²) in [6.07, 6.45) is 3.92. The lowest BCUT2D eigenvalue weighted by atomic mass is 10.0. The molecule has 0 saturated carbocycles. The molecule has 9 heavy (non-hydrogen) atoms. The topological polar surface area (TPSA) is 0 Å². The molecule has 0 N–H and O–H groups in total. The Balaban J connectivity index is 3.15. The van der Waals surface area contributed by atoms with E-state index in [-0.39, 0.29) is 0 Å². The zero-order valence-electron chi connectivity index (χ0n) is 6.72. The molecule has 0 spiro atoms. The molecule has 0 fully saturated rings. The summed E-state index contributed by atoms with van der Waals surface area (Å²) in [7, 11) is 0. The fourth-order valence-electron chi connectivity index (χ4n) is 1.19. The molecule has 2 atom stereocenters. The van der Waals surface area contributed by atoms with Crippen LogP contribution in [0.3, 0.4) is 0 Å². The Morgan fingerprint density at radius 3 is 2.22 bits per heavy atom. The average molecular weight is 146 g/mol. The Morgan fingerprint density at radius 2 is 1.89 bits per heavy atom. The summed E-state index contributed by atoms with van der Waals surface area (Å²) >= 11 is 4.33. The molecule has 0 aromatic rings. The minimum Gasteiger partial charge on any atom is -0.176 e. The number of hydrogen-bond acceptors (Lipinski definition) is 1. The third kappa shape index (κ3) is 6.23. The van der Waals surface area contributed by atoms with Gasteiger partial charge in [-0.25, -0.2) is 0 Å². The summed E-state index contributed by atoms with van der Waals surface area (Å²) in [6, 6.07) is 0. The average Bonchev–Trinajstić information content (AvgIpc) is 1.63. The van der Waals surface area contributed by atoms with Crippen molar-refractivity contribution >= 4 is 12.6 Å². The minimum atomic E-state index is 0.576. The van der Waals surface area contributed by atoms with E-state index >= 15 is 0 Å². The molecule has 1 heteroatoms. The van der Waals surface area contributed by atoms with Gasteiger partial charge in [-0.1, -0.05) is 33.6 Å². The van der Waals surface area contributed by atoms with Crippen LogP contribution in [0.4, 0.5) is 0 Å². The van der Waals surface area contributed by atoms with Gasteiger partial charge in [0.2, 0.25) is 0 Å². The van der Waals surface area contributed by atoms with Gasteiger partial charge in [0.25, 0.3) is 0 Å². The van der Waals surface area contributed by atoms with E-state index in [2.05, 4.69) is 33.4 Å². The van der Waals surface area contributed by atoms with Crippen molar-refractivity contribution in [2.75, 3.05) is 0 Å². The predicted molar refractivity (Wildman–Crippen MR) is 47.1 cm³/mol. The van der Waals surface area contributed by atoms with Crippen molar-refractivity contribution in [3.05, 3.63) is 0 Å². The molecule has 2 unspecified atom stereocenters.